The van der Waals surface area contributed by atoms with Crippen molar-refractivity contribution in [3.8, 4) is 11.3 Å². The Bertz CT molecular complexity index is 1380. The number of benzene rings is 2. The van der Waals surface area contributed by atoms with E-state index in [1.807, 2.05) is 18.3 Å². The van der Waals surface area contributed by atoms with Gasteiger partial charge < -0.3 is 16.4 Å². The first-order valence-electron chi connectivity index (χ1n) is 13.5. The lowest BCUT2D eigenvalue weighted by Crippen LogP contribution is -2.40. The summed E-state index contributed by atoms with van der Waals surface area (Å²) in [6, 6.07) is 19.6. The van der Waals surface area contributed by atoms with Crippen LogP contribution in [-0.4, -0.2) is 33.4 Å². The molecule has 2 aromatic heterocycles. The molecule has 0 bridgehead atoms. The summed E-state index contributed by atoms with van der Waals surface area (Å²) in [5, 5.41) is 9.47. The molecule has 6 rings (SSSR count). The van der Waals surface area contributed by atoms with Crippen LogP contribution in [0, 0.1) is 0 Å². The molecular weight excluding hydrogens is 446 g/mol. The molecule has 0 unspecified atom stereocenters. The van der Waals surface area contributed by atoms with Crippen molar-refractivity contribution in [2.75, 3.05) is 5.32 Å². The van der Waals surface area contributed by atoms with Crippen molar-refractivity contribution >= 4 is 28.1 Å². The van der Waals surface area contributed by atoms with Crippen molar-refractivity contribution in [2.24, 2.45) is 5.73 Å². The fourth-order valence-electron chi connectivity index (χ4n) is 5.89. The highest BCUT2D eigenvalue weighted by Gasteiger charge is 2.25. The maximum Gasteiger partial charge on any atom is 0.255 e. The average Bonchev–Trinajstić information content (AvgIpc) is 3.28. The summed E-state index contributed by atoms with van der Waals surface area (Å²) in [5.74, 6) is 0.922. The molecule has 186 valence electrons. The number of nitrogens with zero attached hydrogens (tertiary/aromatic N) is 2. The van der Waals surface area contributed by atoms with Crippen LogP contribution in [0.3, 0.4) is 0 Å². The zero-order chi connectivity index (χ0) is 24.5. The van der Waals surface area contributed by atoms with Crippen LogP contribution in [-0.2, 0) is 0 Å². The summed E-state index contributed by atoms with van der Waals surface area (Å²) in [6.07, 6.45) is 11.9. The van der Waals surface area contributed by atoms with Gasteiger partial charge in [-0.15, -0.1) is 0 Å². The smallest absolute Gasteiger partial charge is 0.255 e. The molecule has 2 saturated carbocycles. The number of rotatable bonds is 5. The predicted octanol–water partition coefficient (Wildman–Crippen LogP) is 5.90. The summed E-state index contributed by atoms with van der Waals surface area (Å²) in [6.45, 7) is 0. The van der Waals surface area contributed by atoms with E-state index in [1.165, 1.54) is 30.0 Å². The minimum Gasteiger partial charge on any atom is -0.367 e. The van der Waals surface area contributed by atoms with Crippen LogP contribution in [0.1, 0.15) is 68.1 Å². The molecule has 6 heteroatoms. The van der Waals surface area contributed by atoms with E-state index in [0.29, 0.717) is 17.3 Å². The zero-order valence-corrected chi connectivity index (χ0v) is 20.7. The number of imidazole rings is 1. The largest absolute Gasteiger partial charge is 0.367 e. The highest BCUT2D eigenvalue weighted by atomic mass is 16.1. The van der Waals surface area contributed by atoms with Crippen molar-refractivity contribution < 1.29 is 4.79 Å². The fourth-order valence-corrected chi connectivity index (χ4v) is 5.89. The highest BCUT2D eigenvalue weighted by molar-refractivity contribution is 6.01. The van der Waals surface area contributed by atoms with Gasteiger partial charge in [-0.25, -0.2) is 4.98 Å². The van der Waals surface area contributed by atoms with Gasteiger partial charge in [0.15, 0.2) is 5.65 Å². The van der Waals surface area contributed by atoms with E-state index in [2.05, 4.69) is 57.5 Å². The van der Waals surface area contributed by atoms with Gasteiger partial charge in [0, 0.05) is 29.9 Å². The third-order valence-corrected chi connectivity index (χ3v) is 7.97. The second-order valence-corrected chi connectivity index (χ2v) is 10.6. The Morgan fingerprint density at radius 3 is 2.44 bits per heavy atom. The Kier molecular flexibility index (Phi) is 6.36. The molecule has 6 nitrogen and oxygen atoms in total. The van der Waals surface area contributed by atoms with E-state index in [4.69, 9.17) is 10.7 Å². The van der Waals surface area contributed by atoms with Gasteiger partial charge >= 0.3 is 0 Å². The number of anilines is 1. The SMILES string of the molecule is NC1CCC(NC(=O)c2cccn3c(NC4CCCCC4)c(-c4ccc5ccccc5c4)nc23)CC1. The number of hydrogen-bond acceptors (Lipinski definition) is 4. The first kappa shape index (κ1) is 23.0. The summed E-state index contributed by atoms with van der Waals surface area (Å²) in [7, 11) is 0. The Hall–Kier alpha value is -3.38. The first-order valence-corrected chi connectivity index (χ1v) is 13.5. The molecule has 0 atom stereocenters. The number of amides is 1. The molecule has 4 aromatic rings. The number of nitrogens with one attached hydrogen (secondary N) is 2. The van der Waals surface area contributed by atoms with E-state index in [-0.39, 0.29) is 18.0 Å². The number of carbonyl (C=O) groups excluding carboxylic acids is 1. The second-order valence-electron chi connectivity index (χ2n) is 10.6. The molecule has 0 spiro atoms. The number of fused-ring (bicyclic) bond motifs is 2. The number of aromatic nitrogens is 2. The van der Waals surface area contributed by atoms with Crippen LogP contribution in [0.15, 0.2) is 60.8 Å². The lowest BCUT2D eigenvalue weighted by Gasteiger charge is -2.26. The quantitative estimate of drug-likeness (QED) is 0.331. The van der Waals surface area contributed by atoms with Gasteiger partial charge in [0.2, 0.25) is 0 Å². The minimum atomic E-state index is -0.0552. The first-order chi connectivity index (χ1) is 17.7. The van der Waals surface area contributed by atoms with Crippen LogP contribution in [0.2, 0.25) is 0 Å². The maximum atomic E-state index is 13.4. The lowest BCUT2D eigenvalue weighted by atomic mass is 9.91. The van der Waals surface area contributed by atoms with E-state index in [1.54, 1.807) is 0 Å². The lowest BCUT2D eigenvalue weighted by molar-refractivity contribution is 0.0927. The second kappa shape index (κ2) is 9.94. The molecule has 2 heterocycles. The number of pyridine rings is 1. The number of carbonyl (C=O) groups is 1. The third-order valence-electron chi connectivity index (χ3n) is 7.97. The van der Waals surface area contributed by atoms with Gasteiger partial charge in [-0.2, -0.15) is 0 Å². The van der Waals surface area contributed by atoms with Crippen molar-refractivity contribution in [1.29, 1.82) is 0 Å². The predicted molar refractivity (Wildman–Crippen MR) is 146 cm³/mol. The monoisotopic (exact) mass is 481 g/mol. The molecule has 2 aromatic carbocycles. The van der Waals surface area contributed by atoms with Gasteiger partial charge in [0.05, 0.1) is 5.56 Å². The molecule has 4 N–H and O–H groups in total. The van der Waals surface area contributed by atoms with Crippen LogP contribution in [0.4, 0.5) is 5.82 Å². The topological polar surface area (TPSA) is 84.5 Å². The van der Waals surface area contributed by atoms with Crippen molar-refractivity contribution in [1.82, 2.24) is 14.7 Å². The van der Waals surface area contributed by atoms with E-state index in [0.717, 1.165) is 55.6 Å². The summed E-state index contributed by atoms with van der Waals surface area (Å²) >= 11 is 0. The van der Waals surface area contributed by atoms with Gasteiger partial charge in [0.1, 0.15) is 11.5 Å². The molecule has 2 aliphatic carbocycles. The fraction of sp³-hybridized carbons (Fsp3) is 0.400. The Balaban J connectivity index is 1.41. The normalized spacial score (nSPS) is 21.0. The standard InChI is InChI=1S/C30H35N5O/c31-23-14-16-25(17-15-23)33-30(36)26-11-6-18-35-28(26)34-27(29(35)32-24-9-2-1-3-10-24)22-13-12-20-7-4-5-8-21(20)19-22/h4-8,11-13,18-19,23-25,32H,1-3,9-10,14-17,31H2,(H,33,36). The van der Waals surface area contributed by atoms with E-state index < -0.39 is 0 Å². The molecule has 2 aliphatic rings. The molecule has 2 fully saturated rings. The Morgan fingerprint density at radius 1 is 0.861 bits per heavy atom. The van der Waals surface area contributed by atoms with Crippen molar-refractivity contribution in [3.05, 3.63) is 66.4 Å². The van der Waals surface area contributed by atoms with Crippen LogP contribution in [0.25, 0.3) is 27.7 Å². The summed E-state index contributed by atoms with van der Waals surface area (Å²) in [5.41, 5.74) is 9.34. The molecule has 1 amide bonds. The molecular formula is C30H35N5O. The van der Waals surface area contributed by atoms with Crippen molar-refractivity contribution in [3.63, 3.8) is 0 Å². The van der Waals surface area contributed by atoms with Crippen LogP contribution in [0.5, 0.6) is 0 Å². The third kappa shape index (κ3) is 4.58. The zero-order valence-electron chi connectivity index (χ0n) is 20.7. The van der Waals surface area contributed by atoms with E-state index in [9.17, 15) is 4.79 Å². The van der Waals surface area contributed by atoms with Crippen LogP contribution < -0.4 is 16.4 Å². The Labute approximate surface area is 212 Å². The molecule has 36 heavy (non-hydrogen) atoms. The Morgan fingerprint density at radius 2 is 1.64 bits per heavy atom. The van der Waals surface area contributed by atoms with Gasteiger partial charge in [0.25, 0.3) is 5.91 Å². The maximum absolute atomic E-state index is 13.4. The van der Waals surface area contributed by atoms with Crippen molar-refractivity contribution in [2.45, 2.75) is 75.9 Å². The summed E-state index contributed by atoms with van der Waals surface area (Å²) < 4.78 is 2.07. The van der Waals surface area contributed by atoms with Gasteiger partial charge in [-0.1, -0.05) is 55.7 Å². The summed E-state index contributed by atoms with van der Waals surface area (Å²) in [4.78, 5) is 18.5. The van der Waals surface area contributed by atoms with Gasteiger partial charge in [-0.05, 0) is 67.5 Å². The number of nitrogens with two attached hydrogens (primary N) is 1. The minimum absolute atomic E-state index is 0.0552. The highest BCUT2D eigenvalue weighted by Crippen LogP contribution is 2.34. The van der Waals surface area contributed by atoms with Crippen LogP contribution >= 0.6 is 0 Å². The van der Waals surface area contributed by atoms with E-state index >= 15 is 0 Å². The molecule has 0 saturated heterocycles. The number of hydrogen-bond donors (Lipinski definition) is 3. The van der Waals surface area contributed by atoms with Gasteiger partial charge in [-0.3, -0.25) is 9.20 Å². The molecule has 0 radical (unpaired) electrons. The molecule has 0 aliphatic heterocycles. The average molecular weight is 482 g/mol.